The zero-order valence-corrected chi connectivity index (χ0v) is 15.0. The smallest absolute Gasteiger partial charge is 0.321 e. The number of benzene rings is 2. The Hall–Kier alpha value is -2.18. The molecule has 2 rings (SSSR count). The van der Waals surface area contributed by atoms with E-state index in [1.54, 1.807) is 0 Å². The van der Waals surface area contributed by atoms with Crippen LogP contribution in [0.1, 0.15) is 24.1 Å². The lowest BCUT2D eigenvalue weighted by Gasteiger charge is -2.14. The second-order valence-electron chi connectivity index (χ2n) is 5.37. The zero-order chi connectivity index (χ0) is 17.4. The fourth-order valence-electron chi connectivity index (χ4n) is 2.11. The summed E-state index contributed by atoms with van der Waals surface area (Å²) >= 11 is 3.39. The number of nitrogens with one attached hydrogen (secondary N) is 3. The monoisotopic (exact) mass is 389 g/mol. The van der Waals surface area contributed by atoms with E-state index in [0.717, 1.165) is 15.6 Å². The topological polar surface area (TPSA) is 70.2 Å². The predicted octanol–water partition coefficient (Wildman–Crippen LogP) is 3.13. The third-order valence-corrected chi connectivity index (χ3v) is 4.02. The van der Waals surface area contributed by atoms with Crippen LogP contribution in [0, 0.1) is 0 Å². The van der Waals surface area contributed by atoms with Gasteiger partial charge in [0.1, 0.15) is 0 Å². The average Bonchev–Trinajstić information content (AvgIpc) is 2.59. The lowest BCUT2D eigenvalue weighted by molar-refractivity contribution is -0.119. The van der Waals surface area contributed by atoms with Gasteiger partial charge in [0.05, 0.1) is 6.54 Å². The molecule has 0 aromatic heterocycles. The molecular formula is C18H20BrN3O2. The van der Waals surface area contributed by atoms with Crippen LogP contribution in [0.5, 0.6) is 0 Å². The number of rotatable bonds is 6. The molecule has 1 unspecified atom stereocenters. The maximum Gasteiger partial charge on any atom is 0.321 e. The van der Waals surface area contributed by atoms with Crippen molar-refractivity contribution < 1.29 is 9.59 Å². The van der Waals surface area contributed by atoms with Crippen LogP contribution in [-0.2, 0) is 11.3 Å². The van der Waals surface area contributed by atoms with E-state index >= 15 is 0 Å². The van der Waals surface area contributed by atoms with Crippen molar-refractivity contribution in [2.24, 2.45) is 0 Å². The molecule has 0 aliphatic rings. The lowest BCUT2D eigenvalue weighted by atomic mass is 10.1. The number of imide groups is 1. The normalized spacial score (nSPS) is 11.6. The van der Waals surface area contributed by atoms with E-state index in [0.29, 0.717) is 6.54 Å². The van der Waals surface area contributed by atoms with Gasteiger partial charge < -0.3 is 10.6 Å². The van der Waals surface area contributed by atoms with Gasteiger partial charge in [-0.3, -0.25) is 10.1 Å². The van der Waals surface area contributed by atoms with Crippen LogP contribution >= 0.6 is 15.9 Å². The first kappa shape index (κ1) is 18.2. The third-order valence-electron chi connectivity index (χ3n) is 3.49. The van der Waals surface area contributed by atoms with Crippen molar-refractivity contribution in [2.75, 3.05) is 6.54 Å². The molecule has 6 heteroatoms. The molecule has 24 heavy (non-hydrogen) atoms. The number of carbonyl (C=O) groups excluding carboxylic acids is 2. The van der Waals surface area contributed by atoms with E-state index in [1.165, 1.54) is 0 Å². The summed E-state index contributed by atoms with van der Waals surface area (Å²) in [4.78, 5) is 23.5. The molecule has 126 valence electrons. The zero-order valence-electron chi connectivity index (χ0n) is 13.4. The van der Waals surface area contributed by atoms with Crippen LogP contribution in [-0.4, -0.2) is 18.5 Å². The first-order chi connectivity index (χ1) is 11.5. The van der Waals surface area contributed by atoms with Gasteiger partial charge in [0.25, 0.3) is 0 Å². The Bertz CT molecular complexity index is 674. The first-order valence-corrected chi connectivity index (χ1v) is 8.44. The highest BCUT2D eigenvalue weighted by molar-refractivity contribution is 9.10. The van der Waals surface area contributed by atoms with Crippen LogP contribution in [0.2, 0.25) is 0 Å². The summed E-state index contributed by atoms with van der Waals surface area (Å²) in [6.45, 7) is 2.41. The molecule has 5 nitrogen and oxygen atoms in total. The standard InChI is InChI=1S/C18H20BrN3O2/c1-13(15-7-9-16(19)10-8-15)20-12-17(23)22-18(24)21-11-14-5-3-2-4-6-14/h2-10,13,20H,11-12H2,1H3,(H2,21,22,23,24). The van der Waals surface area contributed by atoms with E-state index in [1.807, 2.05) is 61.5 Å². The minimum absolute atomic E-state index is 0.0104. The second-order valence-corrected chi connectivity index (χ2v) is 6.29. The molecule has 3 N–H and O–H groups in total. The average molecular weight is 390 g/mol. The van der Waals surface area contributed by atoms with Gasteiger partial charge in [0.15, 0.2) is 0 Å². The Morgan fingerprint density at radius 2 is 1.71 bits per heavy atom. The molecule has 0 bridgehead atoms. The number of amides is 3. The van der Waals surface area contributed by atoms with Crippen LogP contribution in [0.3, 0.4) is 0 Å². The molecule has 0 saturated heterocycles. The molecule has 0 heterocycles. The molecule has 2 aromatic carbocycles. The van der Waals surface area contributed by atoms with Gasteiger partial charge >= 0.3 is 6.03 Å². The molecule has 2 aromatic rings. The summed E-state index contributed by atoms with van der Waals surface area (Å²) in [5.74, 6) is -0.371. The number of hydrogen-bond donors (Lipinski definition) is 3. The molecular weight excluding hydrogens is 370 g/mol. The van der Waals surface area contributed by atoms with Crippen molar-refractivity contribution in [3.05, 3.63) is 70.2 Å². The van der Waals surface area contributed by atoms with E-state index < -0.39 is 6.03 Å². The Kier molecular flexibility index (Phi) is 6.96. The summed E-state index contributed by atoms with van der Waals surface area (Å²) in [6.07, 6.45) is 0. The maximum atomic E-state index is 11.8. The molecule has 0 spiro atoms. The number of hydrogen-bond acceptors (Lipinski definition) is 3. The van der Waals surface area contributed by atoms with E-state index in [9.17, 15) is 9.59 Å². The summed E-state index contributed by atoms with van der Waals surface area (Å²) in [5.41, 5.74) is 2.04. The lowest BCUT2D eigenvalue weighted by Crippen LogP contribution is -2.43. The summed E-state index contributed by atoms with van der Waals surface area (Å²) < 4.78 is 1.01. The van der Waals surface area contributed by atoms with E-state index in [-0.39, 0.29) is 18.5 Å². The largest absolute Gasteiger partial charge is 0.334 e. The molecule has 0 radical (unpaired) electrons. The van der Waals surface area contributed by atoms with Gasteiger partial charge in [-0.15, -0.1) is 0 Å². The fourth-order valence-corrected chi connectivity index (χ4v) is 2.37. The minimum atomic E-state index is -0.498. The summed E-state index contributed by atoms with van der Waals surface area (Å²) in [6, 6.07) is 16.9. The maximum absolute atomic E-state index is 11.8. The van der Waals surface area contributed by atoms with Crippen LogP contribution < -0.4 is 16.0 Å². The van der Waals surface area contributed by atoms with Gasteiger partial charge in [0.2, 0.25) is 5.91 Å². The van der Waals surface area contributed by atoms with Crippen LogP contribution in [0.25, 0.3) is 0 Å². The molecule has 0 saturated carbocycles. The number of carbonyl (C=O) groups is 2. The van der Waals surface area contributed by atoms with Crippen molar-refractivity contribution in [2.45, 2.75) is 19.5 Å². The van der Waals surface area contributed by atoms with Gasteiger partial charge in [-0.2, -0.15) is 0 Å². The minimum Gasteiger partial charge on any atom is -0.334 e. The molecule has 3 amide bonds. The molecule has 1 atom stereocenters. The Morgan fingerprint density at radius 1 is 1.04 bits per heavy atom. The Balaban J connectivity index is 1.70. The second kappa shape index (κ2) is 9.20. The molecule has 0 fully saturated rings. The van der Waals surface area contributed by atoms with Crippen molar-refractivity contribution >= 4 is 27.9 Å². The highest BCUT2D eigenvalue weighted by atomic mass is 79.9. The molecule has 0 aliphatic carbocycles. The van der Waals surface area contributed by atoms with E-state index in [2.05, 4.69) is 31.9 Å². The Labute approximate surface area is 150 Å². The summed E-state index contributed by atoms with van der Waals surface area (Å²) in [5, 5.41) is 8.05. The number of urea groups is 1. The highest BCUT2D eigenvalue weighted by Crippen LogP contribution is 2.16. The van der Waals surface area contributed by atoms with Gasteiger partial charge in [-0.05, 0) is 30.2 Å². The SMILES string of the molecule is CC(NCC(=O)NC(=O)NCc1ccccc1)c1ccc(Br)cc1. The predicted molar refractivity (Wildman–Crippen MR) is 97.4 cm³/mol. The van der Waals surface area contributed by atoms with E-state index in [4.69, 9.17) is 0 Å². The molecule has 0 aliphatic heterocycles. The summed E-state index contributed by atoms with van der Waals surface area (Å²) in [7, 11) is 0. The number of halogens is 1. The van der Waals surface area contributed by atoms with Crippen molar-refractivity contribution in [1.82, 2.24) is 16.0 Å². The van der Waals surface area contributed by atoms with Crippen molar-refractivity contribution in [1.29, 1.82) is 0 Å². The van der Waals surface area contributed by atoms with Crippen LogP contribution in [0.4, 0.5) is 4.79 Å². The fraction of sp³-hybridized carbons (Fsp3) is 0.222. The van der Waals surface area contributed by atoms with Gasteiger partial charge in [-0.25, -0.2) is 4.79 Å². The third kappa shape index (κ3) is 6.14. The highest BCUT2D eigenvalue weighted by Gasteiger charge is 2.10. The Morgan fingerprint density at radius 3 is 2.38 bits per heavy atom. The van der Waals surface area contributed by atoms with Gasteiger partial charge in [-0.1, -0.05) is 58.4 Å². The van der Waals surface area contributed by atoms with Gasteiger partial charge in [0, 0.05) is 17.1 Å². The quantitative estimate of drug-likeness (QED) is 0.710. The first-order valence-electron chi connectivity index (χ1n) is 7.65. The van der Waals surface area contributed by atoms with Crippen molar-refractivity contribution in [3.8, 4) is 0 Å². The van der Waals surface area contributed by atoms with Crippen LogP contribution in [0.15, 0.2) is 59.1 Å². The van der Waals surface area contributed by atoms with Crippen molar-refractivity contribution in [3.63, 3.8) is 0 Å².